The third-order valence-electron chi connectivity index (χ3n) is 2.93. The van der Waals surface area contributed by atoms with Crippen LogP contribution in [-0.2, 0) is 0 Å². The minimum absolute atomic E-state index is 0.346. The second kappa shape index (κ2) is 8.09. The van der Waals surface area contributed by atoms with Crippen LogP contribution in [-0.4, -0.2) is 11.7 Å². The molecule has 0 saturated heterocycles. The lowest BCUT2D eigenvalue weighted by Crippen LogP contribution is -2.03. The first-order valence-electron chi connectivity index (χ1n) is 6.75. The molecule has 1 N–H and O–H groups in total. The van der Waals surface area contributed by atoms with Gasteiger partial charge in [-0.25, -0.2) is 4.39 Å². The number of benzene rings is 1. The highest BCUT2D eigenvalue weighted by Gasteiger charge is 2.10. The van der Waals surface area contributed by atoms with Crippen molar-refractivity contribution >= 4 is 0 Å². The normalized spacial score (nSPS) is 12.4. The lowest BCUT2D eigenvalue weighted by molar-refractivity contribution is 0.190. The van der Waals surface area contributed by atoms with Gasteiger partial charge in [0.2, 0.25) is 0 Å². The molecule has 0 bridgehead atoms. The second-order valence-corrected chi connectivity index (χ2v) is 4.62. The summed E-state index contributed by atoms with van der Waals surface area (Å²) in [4.78, 5) is 0. The van der Waals surface area contributed by atoms with Gasteiger partial charge in [0, 0.05) is 5.56 Å². The maximum absolute atomic E-state index is 13.1. The van der Waals surface area contributed by atoms with Crippen LogP contribution in [0.4, 0.5) is 4.39 Å². The Morgan fingerprint density at radius 1 is 1.22 bits per heavy atom. The zero-order chi connectivity index (χ0) is 13.4. The molecule has 0 saturated carbocycles. The van der Waals surface area contributed by atoms with Crippen molar-refractivity contribution < 1.29 is 14.2 Å². The summed E-state index contributed by atoms with van der Waals surface area (Å²) < 4.78 is 18.7. The minimum atomic E-state index is -0.712. The van der Waals surface area contributed by atoms with Crippen molar-refractivity contribution in [3.63, 3.8) is 0 Å². The molecule has 1 aromatic rings. The Hall–Kier alpha value is -1.09. The van der Waals surface area contributed by atoms with Crippen molar-refractivity contribution in [2.24, 2.45) is 0 Å². The molecule has 0 aliphatic heterocycles. The van der Waals surface area contributed by atoms with E-state index in [0.29, 0.717) is 17.9 Å². The Morgan fingerprint density at radius 2 is 1.94 bits per heavy atom. The summed E-state index contributed by atoms with van der Waals surface area (Å²) in [7, 11) is 0. The number of unbranched alkanes of at least 4 members (excludes halogenated alkanes) is 4. The van der Waals surface area contributed by atoms with Crippen LogP contribution >= 0.6 is 0 Å². The molecule has 1 aromatic carbocycles. The average Bonchev–Trinajstić information content (AvgIpc) is 2.35. The monoisotopic (exact) mass is 254 g/mol. The largest absolute Gasteiger partial charge is 0.493 e. The van der Waals surface area contributed by atoms with Crippen molar-refractivity contribution in [2.45, 2.75) is 52.1 Å². The first kappa shape index (κ1) is 15.0. The molecule has 0 fully saturated rings. The maximum atomic E-state index is 13.1. The van der Waals surface area contributed by atoms with Gasteiger partial charge in [-0.05, 0) is 31.5 Å². The third kappa shape index (κ3) is 5.05. The van der Waals surface area contributed by atoms with Crippen LogP contribution < -0.4 is 4.74 Å². The number of aliphatic hydroxyl groups excluding tert-OH is 1. The fourth-order valence-corrected chi connectivity index (χ4v) is 1.86. The lowest BCUT2D eigenvalue weighted by atomic mass is 10.1. The van der Waals surface area contributed by atoms with E-state index in [1.54, 1.807) is 13.0 Å². The van der Waals surface area contributed by atoms with Gasteiger partial charge in [-0.2, -0.15) is 0 Å². The van der Waals surface area contributed by atoms with E-state index in [4.69, 9.17) is 4.74 Å². The Morgan fingerprint density at radius 3 is 2.61 bits per heavy atom. The predicted molar refractivity (Wildman–Crippen MR) is 71.3 cm³/mol. The van der Waals surface area contributed by atoms with Crippen molar-refractivity contribution in [2.75, 3.05) is 6.61 Å². The van der Waals surface area contributed by atoms with E-state index in [-0.39, 0.29) is 5.82 Å². The van der Waals surface area contributed by atoms with E-state index in [2.05, 4.69) is 6.92 Å². The second-order valence-electron chi connectivity index (χ2n) is 4.62. The molecule has 0 unspecified atom stereocenters. The molecule has 0 aliphatic carbocycles. The van der Waals surface area contributed by atoms with Gasteiger partial charge in [0.25, 0.3) is 0 Å². The molecule has 102 valence electrons. The van der Waals surface area contributed by atoms with E-state index >= 15 is 0 Å². The number of hydrogen-bond donors (Lipinski definition) is 1. The van der Waals surface area contributed by atoms with E-state index in [1.165, 1.54) is 31.4 Å². The van der Waals surface area contributed by atoms with E-state index in [1.807, 2.05) is 0 Å². The van der Waals surface area contributed by atoms with Crippen molar-refractivity contribution in [1.29, 1.82) is 0 Å². The quantitative estimate of drug-likeness (QED) is 0.703. The van der Waals surface area contributed by atoms with Crippen LogP contribution in [0.3, 0.4) is 0 Å². The highest BCUT2D eigenvalue weighted by atomic mass is 19.1. The van der Waals surface area contributed by atoms with Crippen LogP contribution in [0.2, 0.25) is 0 Å². The zero-order valence-corrected chi connectivity index (χ0v) is 11.3. The molecule has 18 heavy (non-hydrogen) atoms. The molecular formula is C15H23FO2. The van der Waals surface area contributed by atoms with Gasteiger partial charge >= 0.3 is 0 Å². The fraction of sp³-hybridized carbons (Fsp3) is 0.600. The minimum Gasteiger partial charge on any atom is -0.493 e. The summed E-state index contributed by atoms with van der Waals surface area (Å²) in [5.74, 6) is 0.239. The predicted octanol–water partition coefficient (Wildman–Crippen LogP) is 4.23. The summed E-state index contributed by atoms with van der Waals surface area (Å²) in [6, 6.07) is 4.28. The van der Waals surface area contributed by atoms with Gasteiger partial charge in [-0.3, -0.25) is 0 Å². The highest BCUT2D eigenvalue weighted by Crippen LogP contribution is 2.26. The topological polar surface area (TPSA) is 29.5 Å². The van der Waals surface area contributed by atoms with Gasteiger partial charge in [0.15, 0.2) is 0 Å². The van der Waals surface area contributed by atoms with E-state index < -0.39 is 6.10 Å². The zero-order valence-electron chi connectivity index (χ0n) is 11.3. The smallest absolute Gasteiger partial charge is 0.125 e. The number of hydrogen-bond acceptors (Lipinski definition) is 2. The Balaban J connectivity index is 2.42. The molecule has 3 heteroatoms. The molecule has 1 atom stereocenters. The molecular weight excluding hydrogens is 231 g/mol. The van der Waals surface area contributed by atoms with Crippen molar-refractivity contribution in [1.82, 2.24) is 0 Å². The van der Waals surface area contributed by atoms with Crippen molar-refractivity contribution in [3.8, 4) is 5.75 Å². The van der Waals surface area contributed by atoms with Crippen LogP contribution in [0, 0.1) is 5.82 Å². The maximum Gasteiger partial charge on any atom is 0.125 e. The van der Waals surface area contributed by atoms with Gasteiger partial charge in [-0.15, -0.1) is 0 Å². The Kier molecular flexibility index (Phi) is 6.73. The first-order valence-corrected chi connectivity index (χ1v) is 6.75. The lowest BCUT2D eigenvalue weighted by Gasteiger charge is -2.13. The van der Waals surface area contributed by atoms with E-state index in [9.17, 15) is 9.50 Å². The molecule has 2 nitrogen and oxygen atoms in total. The fourth-order valence-electron chi connectivity index (χ4n) is 1.86. The molecule has 0 aliphatic rings. The summed E-state index contributed by atoms with van der Waals surface area (Å²) in [6.45, 7) is 4.42. The molecule has 0 radical (unpaired) electrons. The van der Waals surface area contributed by atoms with Gasteiger partial charge in [-0.1, -0.05) is 32.6 Å². The summed E-state index contributed by atoms with van der Waals surface area (Å²) in [5.41, 5.74) is 0.517. The Bertz CT molecular complexity index is 350. The molecule has 0 amide bonds. The van der Waals surface area contributed by atoms with Gasteiger partial charge in [0.1, 0.15) is 11.6 Å². The van der Waals surface area contributed by atoms with Crippen LogP contribution in [0.15, 0.2) is 18.2 Å². The number of halogens is 1. The van der Waals surface area contributed by atoms with Crippen LogP contribution in [0.5, 0.6) is 5.75 Å². The van der Waals surface area contributed by atoms with Gasteiger partial charge in [0.05, 0.1) is 12.7 Å². The standard InChI is InChI=1S/C15H23FO2/c1-3-4-5-6-7-10-18-15-9-8-13(16)11-14(15)12(2)17/h8-9,11-12,17H,3-7,10H2,1-2H3/t12-/m0/s1. The third-order valence-corrected chi connectivity index (χ3v) is 2.93. The highest BCUT2D eigenvalue weighted by molar-refractivity contribution is 5.35. The number of aliphatic hydroxyl groups is 1. The average molecular weight is 254 g/mol. The summed E-state index contributed by atoms with van der Waals surface area (Å²) in [5, 5.41) is 9.55. The van der Waals surface area contributed by atoms with Crippen LogP contribution in [0.1, 0.15) is 57.6 Å². The summed E-state index contributed by atoms with van der Waals surface area (Å²) >= 11 is 0. The first-order chi connectivity index (χ1) is 8.65. The SMILES string of the molecule is CCCCCCCOc1ccc(F)cc1[C@H](C)O. The Labute approximate surface area is 109 Å². The molecule has 0 spiro atoms. The number of ether oxygens (including phenoxy) is 1. The number of rotatable bonds is 8. The summed E-state index contributed by atoms with van der Waals surface area (Å²) in [6.07, 6.45) is 5.15. The van der Waals surface area contributed by atoms with Crippen molar-refractivity contribution in [3.05, 3.63) is 29.6 Å². The molecule has 0 aromatic heterocycles. The molecule has 1 rings (SSSR count). The van der Waals surface area contributed by atoms with Gasteiger partial charge < -0.3 is 9.84 Å². The van der Waals surface area contributed by atoms with E-state index in [0.717, 1.165) is 12.8 Å². The molecule has 0 heterocycles. The van der Waals surface area contributed by atoms with Crippen LogP contribution in [0.25, 0.3) is 0 Å².